The molecule has 1 aliphatic heterocycles. The number of nitrogens with one attached hydrogen (secondary N) is 1. The third-order valence-corrected chi connectivity index (χ3v) is 8.03. The summed E-state index contributed by atoms with van der Waals surface area (Å²) >= 11 is 0. The molecular weight excluding hydrogens is 577 g/mol. The highest BCUT2D eigenvalue weighted by atomic mass is 19.1. The molecule has 1 fully saturated rings. The molecule has 0 spiro atoms. The van der Waals surface area contributed by atoms with Gasteiger partial charge < -0.3 is 33.7 Å². The van der Waals surface area contributed by atoms with Crippen LogP contribution in [0, 0.1) is 5.82 Å². The first-order chi connectivity index (χ1) is 21.9. The molecule has 10 heteroatoms. The SMILES string of the molecule is CCn1cc(CC(=O)NCCN2CCCC2)c(=O)c2cc(OCc3ccc(OC)cc3)c(OCc3ccc(OC)cc3)c(F)c21. The number of pyridine rings is 1. The summed E-state index contributed by atoms with van der Waals surface area (Å²) in [4.78, 5) is 28.8. The van der Waals surface area contributed by atoms with Crippen molar-refractivity contribution in [2.45, 2.75) is 45.9 Å². The van der Waals surface area contributed by atoms with Crippen LogP contribution in [0.25, 0.3) is 10.9 Å². The van der Waals surface area contributed by atoms with Crippen molar-refractivity contribution in [3.63, 3.8) is 0 Å². The van der Waals surface area contributed by atoms with Gasteiger partial charge in [0.25, 0.3) is 0 Å². The standard InChI is InChI=1S/C35H40FN3O6/c1-4-39-21-26(19-31(40)37-15-18-38-16-5-6-17-38)34(41)29-20-30(44-22-24-7-11-27(42-2)12-8-24)35(32(36)33(29)39)45-23-25-9-13-28(43-3)14-10-25/h7-14,20-21H,4-6,15-19,22-23H2,1-3H3,(H,37,40). The molecule has 1 amide bonds. The number of fused-ring (bicyclic) bond motifs is 1. The summed E-state index contributed by atoms with van der Waals surface area (Å²) in [7, 11) is 3.18. The van der Waals surface area contributed by atoms with E-state index in [2.05, 4.69) is 10.2 Å². The fraction of sp³-hybridized carbons (Fsp3) is 0.371. The van der Waals surface area contributed by atoms with E-state index in [9.17, 15) is 9.59 Å². The van der Waals surface area contributed by atoms with Crippen LogP contribution in [0.1, 0.15) is 36.5 Å². The molecule has 3 aromatic carbocycles. The molecule has 0 atom stereocenters. The second-order valence-electron chi connectivity index (χ2n) is 11.0. The van der Waals surface area contributed by atoms with E-state index in [1.807, 2.05) is 43.3 Å². The van der Waals surface area contributed by atoms with E-state index in [4.69, 9.17) is 18.9 Å². The van der Waals surface area contributed by atoms with E-state index in [0.29, 0.717) is 24.6 Å². The van der Waals surface area contributed by atoms with Crippen molar-refractivity contribution >= 4 is 16.8 Å². The average molecular weight is 618 g/mol. The van der Waals surface area contributed by atoms with Crippen LogP contribution in [-0.2, 0) is 31.0 Å². The van der Waals surface area contributed by atoms with Gasteiger partial charge in [0, 0.05) is 31.4 Å². The summed E-state index contributed by atoms with van der Waals surface area (Å²) < 4.78 is 40.7. The summed E-state index contributed by atoms with van der Waals surface area (Å²) in [5.74, 6) is 0.446. The Morgan fingerprint density at radius 1 is 0.911 bits per heavy atom. The average Bonchev–Trinajstić information content (AvgIpc) is 3.59. The van der Waals surface area contributed by atoms with Crippen molar-refractivity contribution in [2.24, 2.45) is 0 Å². The minimum atomic E-state index is -0.702. The lowest BCUT2D eigenvalue weighted by Gasteiger charge is -2.19. The molecule has 1 aliphatic rings. The molecule has 2 heterocycles. The van der Waals surface area contributed by atoms with Gasteiger partial charge in [0.05, 0.1) is 31.5 Å². The third kappa shape index (κ3) is 7.75. The van der Waals surface area contributed by atoms with Gasteiger partial charge in [0.15, 0.2) is 22.7 Å². The number of halogens is 1. The number of methoxy groups -OCH3 is 2. The van der Waals surface area contributed by atoms with Crippen molar-refractivity contribution in [1.29, 1.82) is 0 Å². The smallest absolute Gasteiger partial charge is 0.224 e. The minimum Gasteiger partial charge on any atom is -0.497 e. The van der Waals surface area contributed by atoms with E-state index in [-0.39, 0.29) is 53.5 Å². The van der Waals surface area contributed by atoms with Gasteiger partial charge in [-0.1, -0.05) is 24.3 Å². The predicted octanol–water partition coefficient (Wildman–Crippen LogP) is 5.09. The van der Waals surface area contributed by atoms with Crippen molar-refractivity contribution in [1.82, 2.24) is 14.8 Å². The van der Waals surface area contributed by atoms with E-state index in [1.165, 1.54) is 18.9 Å². The molecular formula is C35H40FN3O6. The molecule has 0 bridgehead atoms. The van der Waals surface area contributed by atoms with Gasteiger partial charge in [-0.3, -0.25) is 9.59 Å². The Kier molecular flexibility index (Phi) is 10.6. The lowest BCUT2D eigenvalue weighted by Crippen LogP contribution is -2.35. The van der Waals surface area contributed by atoms with Gasteiger partial charge in [0.1, 0.15) is 24.7 Å². The summed E-state index contributed by atoms with van der Waals surface area (Å²) in [6.45, 7) is 5.79. The topological polar surface area (TPSA) is 91.3 Å². The summed E-state index contributed by atoms with van der Waals surface area (Å²) in [5, 5.41) is 3.05. The molecule has 5 rings (SSSR count). The molecule has 1 aromatic heterocycles. The molecule has 45 heavy (non-hydrogen) atoms. The Morgan fingerprint density at radius 3 is 2.09 bits per heavy atom. The van der Waals surface area contributed by atoms with Crippen LogP contribution in [0.2, 0.25) is 0 Å². The Hall–Kier alpha value is -4.57. The largest absolute Gasteiger partial charge is 0.497 e. The van der Waals surface area contributed by atoms with Crippen molar-refractivity contribution in [3.05, 3.63) is 93.5 Å². The van der Waals surface area contributed by atoms with Gasteiger partial charge >= 0.3 is 0 Å². The maximum atomic E-state index is 16.4. The number of hydrogen-bond donors (Lipinski definition) is 1. The van der Waals surface area contributed by atoms with Gasteiger partial charge in [-0.25, -0.2) is 4.39 Å². The molecule has 1 saturated heterocycles. The number of aryl methyl sites for hydroxylation is 1. The molecule has 4 aromatic rings. The minimum absolute atomic E-state index is 0.0668. The molecule has 238 valence electrons. The van der Waals surface area contributed by atoms with Crippen LogP contribution in [0.3, 0.4) is 0 Å². The van der Waals surface area contributed by atoms with Crippen molar-refractivity contribution in [2.75, 3.05) is 40.4 Å². The number of aromatic nitrogens is 1. The number of nitrogens with zero attached hydrogens (tertiary/aromatic N) is 2. The highest BCUT2D eigenvalue weighted by Gasteiger charge is 2.23. The van der Waals surface area contributed by atoms with Crippen LogP contribution >= 0.6 is 0 Å². The first-order valence-electron chi connectivity index (χ1n) is 15.3. The highest BCUT2D eigenvalue weighted by Crippen LogP contribution is 2.37. The maximum absolute atomic E-state index is 16.4. The van der Waals surface area contributed by atoms with Crippen LogP contribution in [0.5, 0.6) is 23.0 Å². The number of amides is 1. The van der Waals surface area contributed by atoms with Gasteiger partial charge in [-0.05, 0) is 74.3 Å². The van der Waals surface area contributed by atoms with Gasteiger partial charge in [0.2, 0.25) is 5.91 Å². The molecule has 0 aliphatic carbocycles. The van der Waals surface area contributed by atoms with E-state index >= 15 is 4.39 Å². The number of benzene rings is 3. The number of likely N-dealkylation sites (tertiary alicyclic amines) is 1. The van der Waals surface area contributed by atoms with E-state index in [1.54, 1.807) is 37.1 Å². The van der Waals surface area contributed by atoms with Gasteiger partial charge in [-0.15, -0.1) is 0 Å². The lowest BCUT2D eigenvalue weighted by molar-refractivity contribution is -0.120. The quantitative estimate of drug-likeness (QED) is 0.211. The summed E-state index contributed by atoms with van der Waals surface area (Å²) in [5.41, 5.74) is 1.59. The lowest BCUT2D eigenvalue weighted by atomic mass is 10.1. The Balaban J connectivity index is 1.45. The zero-order valence-electron chi connectivity index (χ0n) is 26.1. The van der Waals surface area contributed by atoms with Crippen LogP contribution in [-0.4, -0.2) is 55.8 Å². The Labute approximate surface area is 262 Å². The number of carbonyl (C=O) groups excluding carboxylic acids is 1. The fourth-order valence-electron chi connectivity index (χ4n) is 5.51. The fourth-order valence-corrected chi connectivity index (χ4v) is 5.51. The number of carbonyl (C=O) groups is 1. The first-order valence-corrected chi connectivity index (χ1v) is 15.3. The zero-order valence-corrected chi connectivity index (χ0v) is 26.1. The van der Waals surface area contributed by atoms with Crippen LogP contribution < -0.4 is 29.7 Å². The molecule has 9 nitrogen and oxygen atoms in total. The van der Waals surface area contributed by atoms with Crippen LogP contribution in [0.4, 0.5) is 4.39 Å². The van der Waals surface area contributed by atoms with E-state index in [0.717, 1.165) is 30.8 Å². The van der Waals surface area contributed by atoms with E-state index < -0.39 is 11.2 Å². The van der Waals surface area contributed by atoms with Crippen molar-refractivity contribution in [3.8, 4) is 23.0 Å². The molecule has 1 N–H and O–H groups in total. The number of rotatable bonds is 14. The summed E-state index contributed by atoms with van der Waals surface area (Å²) in [6.07, 6.45) is 3.82. The summed E-state index contributed by atoms with van der Waals surface area (Å²) in [6, 6.07) is 16.1. The van der Waals surface area contributed by atoms with Crippen molar-refractivity contribution < 1.29 is 28.1 Å². The predicted molar refractivity (Wildman–Crippen MR) is 171 cm³/mol. The second-order valence-corrected chi connectivity index (χ2v) is 11.0. The Bertz CT molecular complexity index is 1660. The molecule has 0 saturated carbocycles. The highest BCUT2D eigenvalue weighted by molar-refractivity contribution is 5.86. The monoisotopic (exact) mass is 617 g/mol. The molecule has 0 radical (unpaired) electrons. The normalized spacial score (nSPS) is 13.2. The Morgan fingerprint density at radius 2 is 1.51 bits per heavy atom. The molecule has 0 unspecified atom stereocenters. The number of ether oxygens (including phenoxy) is 4. The first kappa shape index (κ1) is 31.8. The third-order valence-electron chi connectivity index (χ3n) is 8.03. The van der Waals surface area contributed by atoms with Gasteiger partial charge in [-0.2, -0.15) is 0 Å². The van der Waals surface area contributed by atoms with Crippen LogP contribution in [0.15, 0.2) is 65.6 Å². The number of hydrogen-bond acceptors (Lipinski definition) is 7. The maximum Gasteiger partial charge on any atom is 0.224 e. The second kappa shape index (κ2) is 14.9. The zero-order chi connectivity index (χ0) is 31.8.